The van der Waals surface area contributed by atoms with Crippen LogP contribution in [0, 0.1) is 0 Å². The van der Waals surface area contributed by atoms with Gasteiger partial charge in [-0.05, 0) is 18.2 Å². The lowest BCUT2D eigenvalue weighted by Crippen LogP contribution is -2.28. The number of aromatic nitrogens is 4. The first-order chi connectivity index (χ1) is 13.7. The van der Waals surface area contributed by atoms with Crippen LogP contribution in [-0.2, 0) is 13.1 Å². The predicted molar refractivity (Wildman–Crippen MR) is 105 cm³/mol. The lowest BCUT2D eigenvalue weighted by molar-refractivity contribution is 0.251. The van der Waals surface area contributed by atoms with Crippen molar-refractivity contribution >= 4 is 17.4 Å². The van der Waals surface area contributed by atoms with Gasteiger partial charge in [-0.3, -0.25) is 4.68 Å². The van der Waals surface area contributed by atoms with Crippen LogP contribution in [-0.4, -0.2) is 32.3 Å². The Labute approximate surface area is 161 Å². The van der Waals surface area contributed by atoms with Gasteiger partial charge in [-0.15, -0.1) is 0 Å². The van der Waals surface area contributed by atoms with E-state index in [0.717, 1.165) is 22.7 Å². The molecule has 0 saturated carbocycles. The van der Waals surface area contributed by atoms with Crippen molar-refractivity contribution in [1.29, 1.82) is 0 Å². The van der Waals surface area contributed by atoms with E-state index in [0.29, 0.717) is 18.8 Å². The zero-order valence-electron chi connectivity index (χ0n) is 15.4. The molecule has 3 heterocycles. The fraction of sp³-hybridized carbons (Fsp3) is 0.150. The van der Waals surface area contributed by atoms with E-state index < -0.39 is 0 Å². The summed E-state index contributed by atoms with van der Waals surface area (Å²) in [4.78, 5) is 16.7. The number of nitrogens with one attached hydrogen (secondary N) is 2. The van der Waals surface area contributed by atoms with E-state index in [2.05, 4.69) is 20.7 Å². The summed E-state index contributed by atoms with van der Waals surface area (Å²) in [7, 11) is 1.61. The number of hydrogen-bond acceptors (Lipinski definition) is 4. The summed E-state index contributed by atoms with van der Waals surface area (Å²) in [5.41, 5.74) is 3.30. The Morgan fingerprint density at radius 3 is 2.86 bits per heavy atom. The molecule has 0 aliphatic rings. The van der Waals surface area contributed by atoms with E-state index >= 15 is 0 Å². The first-order valence-electron chi connectivity index (χ1n) is 8.83. The second kappa shape index (κ2) is 7.83. The number of benzene rings is 1. The van der Waals surface area contributed by atoms with Crippen molar-refractivity contribution in [3.63, 3.8) is 0 Å². The number of carbonyl (C=O) groups excluding carboxylic acids is 1. The zero-order chi connectivity index (χ0) is 19.3. The lowest BCUT2D eigenvalue weighted by atomic mass is 10.2. The predicted octanol–water partition coefficient (Wildman–Crippen LogP) is 2.91. The Kier molecular flexibility index (Phi) is 4.92. The Morgan fingerprint density at radius 2 is 2.00 bits per heavy atom. The summed E-state index contributed by atoms with van der Waals surface area (Å²) >= 11 is 0. The van der Waals surface area contributed by atoms with Crippen molar-refractivity contribution in [2.45, 2.75) is 13.1 Å². The van der Waals surface area contributed by atoms with Crippen LogP contribution in [0.1, 0.15) is 11.3 Å². The average Bonchev–Trinajstić information content (AvgIpc) is 3.32. The number of ether oxygens (including phenoxy) is 1. The van der Waals surface area contributed by atoms with Gasteiger partial charge in [-0.25, -0.2) is 9.78 Å². The maximum Gasteiger partial charge on any atom is 0.319 e. The SMILES string of the molecule is COc1ccccc1CNC(=O)Nc1cnn(Cc2cn3ccccc3n2)c1. The van der Waals surface area contributed by atoms with Crippen molar-refractivity contribution < 1.29 is 9.53 Å². The van der Waals surface area contributed by atoms with Gasteiger partial charge >= 0.3 is 6.03 Å². The number of fused-ring (bicyclic) bond motifs is 1. The highest BCUT2D eigenvalue weighted by Gasteiger charge is 2.08. The summed E-state index contributed by atoms with van der Waals surface area (Å²) in [6.45, 7) is 0.886. The number of methoxy groups -OCH3 is 1. The Hall–Kier alpha value is -3.81. The van der Waals surface area contributed by atoms with Gasteiger partial charge in [0, 0.05) is 30.7 Å². The molecule has 1 aromatic carbocycles. The number of hydrogen-bond donors (Lipinski definition) is 2. The second-order valence-corrected chi connectivity index (χ2v) is 6.24. The summed E-state index contributed by atoms with van der Waals surface area (Å²) < 4.78 is 8.98. The molecule has 2 N–H and O–H groups in total. The molecule has 0 aliphatic heterocycles. The number of nitrogens with zero attached hydrogens (tertiary/aromatic N) is 4. The maximum absolute atomic E-state index is 12.2. The highest BCUT2D eigenvalue weighted by Crippen LogP contribution is 2.16. The van der Waals surface area contributed by atoms with E-state index in [1.807, 2.05) is 59.3 Å². The first-order valence-corrected chi connectivity index (χ1v) is 8.83. The molecule has 4 rings (SSSR count). The van der Waals surface area contributed by atoms with Gasteiger partial charge in [0.1, 0.15) is 11.4 Å². The van der Waals surface area contributed by atoms with Gasteiger partial charge in [0.05, 0.1) is 31.2 Å². The molecule has 0 fully saturated rings. The molecule has 3 aromatic heterocycles. The summed E-state index contributed by atoms with van der Waals surface area (Å²) in [6, 6.07) is 13.1. The van der Waals surface area contributed by atoms with E-state index in [1.165, 1.54) is 0 Å². The number of amides is 2. The number of imidazole rings is 1. The van der Waals surface area contributed by atoms with Gasteiger partial charge in [0.2, 0.25) is 0 Å². The topological polar surface area (TPSA) is 85.5 Å². The third-order valence-electron chi connectivity index (χ3n) is 4.26. The van der Waals surface area contributed by atoms with Gasteiger partial charge in [0.15, 0.2) is 0 Å². The van der Waals surface area contributed by atoms with Crippen molar-refractivity contribution in [3.8, 4) is 5.75 Å². The monoisotopic (exact) mass is 376 g/mol. The smallest absolute Gasteiger partial charge is 0.319 e. The normalized spacial score (nSPS) is 10.8. The minimum Gasteiger partial charge on any atom is -0.496 e. The van der Waals surface area contributed by atoms with Crippen LogP contribution >= 0.6 is 0 Å². The van der Waals surface area contributed by atoms with Crippen molar-refractivity contribution in [2.24, 2.45) is 0 Å². The van der Waals surface area contributed by atoms with E-state index in [4.69, 9.17) is 4.74 Å². The van der Waals surface area contributed by atoms with Crippen molar-refractivity contribution in [3.05, 3.63) is 78.5 Å². The van der Waals surface area contributed by atoms with Gasteiger partial charge in [-0.1, -0.05) is 24.3 Å². The minimum absolute atomic E-state index is 0.307. The quantitative estimate of drug-likeness (QED) is 0.542. The molecule has 142 valence electrons. The summed E-state index contributed by atoms with van der Waals surface area (Å²) in [5.74, 6) is 0.739. The molecule has 0 aliphatic carbocycles. The molecule has 0 spiro atoms. The standard InChI is InChI=1S/C20H20N6O2/c1-28-18-7-3-2-6-15(18)10-21-20(27)24-16-11-22-26(13-16)14-17-12-25-9-5-4-8-19(25)23-17/h2-9,11-13H,10,14H2,1H3,(H2,21,24,27). The van der Waals surface area contributed by atoms with Crippen LogP contribution in [0.25, 0.3) is 5.65 Å². The van der Waals surface area contributed by atoms with Crippen LogP contribution in [0.4, 0.5) is 10.5 Å². The fourth-order valence-electron chi connectivity index (χ4n) is 2.94. The summed E-state index contributed by atoms with van der Waals surface area (Å²) in [6.07, 6.45) is 7.29. The van der Waals surface area contributed by atoms with Crippen LogP contribution in [0.3, 0.4) is 0 Å². The van der Waals surface area contributed by atoms with Crippen LogP contribution in [0.5, 0.6) is 5.75 Å². The molecule has 0 atom stereocenters. The molecular formula is C20H20N6O2. The van der Waals surface area contributed by atoms with E-state index in [9.17, 15) is 4.79 Å². The maximum atomic E-state index is 12.2. The second-order valence-electron chi connectivity index (χ2n) is 6.24. The highest BCUT2D eigenvalue weighted by atomic mass is 16.5. The Balaban J connectivity index is 1.34. The van der Waals surface area contributed by atoms with Gasteiger partial charge < -0.3 is 19.8 Å². The Morgan fingerprint density at radius 1 is 1.14 bits per heavy atom. The fourth-order valence-corrected chi connectivity index (χ4v) is 2.94. The largest absolute Gasteiger partial charge is 0.496 e. The summed E-state index contributed by atoms with van der Waals surface area (Å²) in [5, 5.41) is 9.88. The molecule has 4 aromatic rings. The molecular weight excluding hydrogens is 356 g/mol. The third kappa shape index (κ3) is 3.96. The third-order valence-corrected chi connectivity index (χ3v) is 4.26. The average molecular weight is 376 g/mol. The first kappa shape index (κ1) is 17.6. The van der Waals surface area contributed by atoms with Crippen LogP contribution in [0.2, 0.25) is 0 Å². The van der Waals surface area contributed by atoms with Gasteiger partial charge in [-0.2, -0.15) is 5.10 Å². The van der Waals surface area contributed by atoms with E-state index in [-0.39, 0.29) is 6.03 Å². The number of pyridine rings is 1. The molecule has 28 heavy (non-hydrogen) atoms. The molecule has 8 heteroatoms. The molecule has 0 bridgehead atoms. The number of urea groups is 1. The zero-order valence-corrected chi connectivity index (χ0v) is 15.4. The minimum atomic E-state index is -0.307. The van der Waals surface area contributed by atoms with Crippen molar-refractivity contribution in [1.82, 2.24) is 24.5 Å². The molecule has 8 nitrogen and oxygen atoms in total. The number of para-hydroxylation sites is 1. The van der Waals surface area contributed by atoms with E-state index in [1.54, 1.807) is 24.2 Å². The Bertz CT molecular complexity index is 1070. The number of rotatable bonds is 6. The number of carbonyl (C=O) groups is 1. The molecule has 0 saturated heterocycles. The number of anilines is 1. The van der Waals surface area contributed by atoms with Crippen LogP contribution in [0.15, 0.2) is 67.3 Å². The molecule has 2 amide bonds. The van der Waals surface area contributed by atoms with Crippen LogP contribution < -0.4 is 15.4 Å². The van der Waals surface area contributed by atoms with Crippen molar-refractivity contribution in [2.75, 3.05) is 12.4 Å². The molecule has 0 unspecified atom stereocenters. The van der Waals surface area contributed by atoms with Gasteiger partial charge in [0.25, 0.3) is 0 Å². The molecule has 0 radical (unpaired) electrons. The highest BCUT2D eigenvalue weighted by molar-refractivity contribution is 5.88. The lowest BCUT2D eigenvalue weighted by Gasteiger charge is -2.09.